The summed E-state index contributed by atoms with van der Waals surface area (Å²) in [5.41, 5.74) is 0.904. The molecule has 18 heavy (non-hydrogen) atoms. The SMILES string of the molecule is N#C[C@@H](C(=O)c1ccncc1)c1ccc(F)cc1. The summed E-state index contributed by atoms with van der Waals surface area (Å²) in [5.74, 6) is -1.63. The molecule has 0 aliphatic heterocycles. The Balaban J connectivity index is 2.33. The maximum Gasteiger partial charge on any atom is 0.184 e. The smallest absolute Gasteiger partial charge is 0.184 e. The molecule has 0 bridgehead atoms. The van der Waals surface area contributed by atoms with Crippen molar-refractivity contribution < 1.29 is 9.18 Å². The molecule has 0 radical (unpaired) electrons. The van der Waals surface area contributed by atoms with Crippen molar-refractivity contribution in [2.75, 3.05) is 0 Å². The van der Waals surface area contributed by atoms with E-state index in [1.807, 2.05) is 6.07 Å². The van der Waals surface area contributed by atoms with Crippen molar-refractivity contribution in [2.24, 2.45) is 0 Å². The van der Waals surface area contributed by atoms with Crippen molar-refractivity contribution in [1.82, 2.24) is 4.98 Å². The van der Waals surface area contributed by atoms with Crippen LogP contribution in [0.4, 0.5) is 4.39 Å². The molecule has 0 spiro atoms. The van der Waals surface area contributed by atoms with Crippen molar-refractivity contribution >= 4 is 5.78 Å². The summed E-state index contributed by atoms with van der Waals surface area (Å²) in [6.07, 6.45) is 2.98. The zero-order valence-electron chi connectivity index (χ0n) is 9.38. The molecule has 0 saturated heterocycles. The van der Waals surface area contributed by atoms with E-state index in [4.69, 9.17) is 5.26 Å². The van der Waals surface area contributed by atoms with Crippen LogP contribution >= 0.6 is 0 Å². The van der Waals surface area contributed by atoms with Crippen LogP contribution in [0.15, 0.2) is 48.8 Å². The highest BCUT2D eigenvalue weighted by Gasteiger charge is 2.21. The van der Waals surface area contributed by atoms with E-state index >= 15 is 0 Å². The number of halogens is 1. The monoisotopic (exact) mass is 240 g/mol. The Morgan fingerprint density at radius 1 is 1.17 bits per heavy atom. The van der Waals surface area contributed by atoms with Crippen molar-refractivity contribution in [3.05, 3.63) is 65.7 Å². The van der Waals surface area contributed by atoms with Crippen LogP contribution < -0.4 is 0 Å². The van der Waals surface area contributed by atoms with E-state index in [0.29, 0.717) is 11.1 Å². The third-order valence-electron chi connectivity index (χ3n) is 2.56. The molecule has 1 aromatic heterocycles. The molecule has 88 valence electrons. The number of hydrogen-bond donors (Lipinski definition) is 0. The van der Waals surface area contributed by atoms with Crippen LogP contribution in [0.5, 0.6) is 0 Å². The largest absolute Gasteiger partial charge is 0.292 e. The summed E-state index contributed by atoms with van der Waals surface area (Å²) < 4.78 is 12.8. The van der Waals surface area contributed by atoms with Gasteiger partial charge in [0.2, 0.25) is 0 Å². The lowest BCUT2D eigenvalue weighted by molar-refractivity contribution is 0.0978. The predicted molar refractivity (Wildman–Crippen MR) is 63.3 cm³/mol. The minimum Gasteiger partial charge on any atom is -0.292 e. The zero-order chi connectivity index (χ0) is 13.0. The molecule has 0 fully saturated rings. The second-order valence-electron chi connectivity index (χ2n) is 3.71. The standard InChI is InChI=1S/C14H9FN2O/c15-12-3-1-10(2-4-12)13(9-16)14(18)11-5-7-17-8-6-11/h1-8,13H/t13-/m1/s1. The summed E-state index contributed by atoms with van der Waals surface area (Å²) in [7, 11) is 0. The van der Waals surface area contributed by atoms with Gasteiger partial charge in [-0.1, -0.05) is 12.1 Å². The van der Waals surface area contributed by atoms with Gasteiger partial charge in [0, 0.05) is 18.0 Å². The second-order valence-corrected chi connectivity index (χ2v) is 3.71. The lowest BCUT2D eigenvalue weighted by Gasteiger charge is -2.08. The summed E-state index contributed by atoms with van der Waals surface area (Å²) in [6, 6.07) is 10.4. The number of carbonyl (C=O) groups is 1. The van der Waals surface area contributed by atoms with Gasteiger partial charge in [-0.3, -0.25) is 9.78 Å². The fraction of sp³-hybridized carbons (Fsp3) is 0.0714. The third kappa shape index (κ3) is 2.41. The van der Waals surface area contributed by atoms with Gasteiger partial charge in [0.15, 0.2) is 5.78 Å². The van der Waals surface area contributed by atoms with Crippen molar-refractivity contribution in [3.8, 4) is 6.07 Å². The Hall–Kier alpha value is -2.54. The van der Waals surface area contributed by atoms with Crippen LogP contribution in [0.1, 0.15) is 21.8 Å². The quantitative estimate of drug-likeness (QED) is 0.775. The first-order valence-electron chi connectivity index (χ1n) is 5.31. The minimum absolute atomic E-state index is 0.313. The Kier molecular flexibility index (Phi) is 3.44. The van der Waals surface area contributed by atoms with E-state index in [-0.39, 0.29) is 5.78 Å². The third-order valence-corrected chi connectivity index (χ3v) is 2.56. The highest BCUT2D eigenvalue weighted by molar-refractivity contribution is 6.02. The van der Waals surface area contributed by atoms with E-state index < -0.39 is 11.7 Å². The number of carbonyl (C=O) groups excluding carboxylic acids is 1. The van der Waals surface area contributed by atoms with Crippen LogP contribution in [-0.4, -0.2) is 10.8 Å². The van der Waals surface area contributed by atoms with E-state index in [1.165, 1.54) is 36.7 Å². The molecule has 0 aliphatic rings. The number of ketones is 1. The predicted octanol–water partition coefficient (Wildman–Crippen LogP) is 2.71. The van der Waals surface area contributed by atoms with E-state index in [1.54, 1.807) is 12.1 Å². The minimum atomic E-state index is -0.923. The molecular formula is C14H9FN2O. The van der Waals surface area contributed by atoms with Gasteiger partial charge in [-0.05, 0) is 29.8 Å². The zero-order valence-corrected chi connectivity index (χ0v) is 9.38. The summed E-state index contributed by atoms with van der Waals surface area (Å²) >= 11 is 0. The highest BCUT2D eigenvalue weighted by atomic mass is 19.1. The normalized spacial score (nSPS) is 11.6. The average molecular weight is 240 g/mol. The van der Waals surface area contributed by atoms with Gasteiger partial charge in [0.05, 0.1) is 6.07 Å². The van der Waals surface area contributed by atoms with Crippen molar-refractivity contribution in [2.45, 2.75) is 5.92 Å². The molecule has 4 heteroatoms. The fourth-order valence-corrected chi connectivity index (χ4v) is 1.62. The van der Waals surface area contributed by atoms with Gasteiger partial charge in [-0.15, -0.1) is 0 Å². The summed E-state index contributed by atoms with van der Waals surface area (Å²) in [5, 5.41) is 9.10. The fourth-order valence-electron chi connectivity index (χ4n) is 1.62. The Labute approximate surface area is 104 Å². The molecule has 0 amide bonds. The number of nitriles is 1. The maximum absolute atomic E-state index is 12.8. The van der Waals surface area contributed by atoms with Crippen molar-refractivity contribution in [3.63, 3.8) is 0 Å². The molecule has 0 unspecified atom stereocenters. The number of nitrogens with zero attached hydrogens (tertiary/aromatic N) is 2. The number of benzene rings is 1. The van der Waals surface area contributed by atoms with Gasteiger partial charge in [-0.2, -0.15) is 5.26 Å². The van der Waals surface area contributed by atoms with Gasteiger partial charge in [0.1, 0.15) is 11.7 Å². The van der Waals surface area contributed by atoms with Gasteiger partial charge in [-0.25, -0.2) is 4.39 Å². The second kappa shape index (κ2) is 5.19. The first-order valence-corrected chi connectivity index (χ1v) is 5.31. The number of hydrogen-bond acceptors (Lipinski definition) is 3. The topological polar surface area (TPSA) is 53.8 Å². The average Bonchev–Trinajstić information content (AvgIpc) is 2.42. The van der Waals surface area contributed by atoms with E-state index in [0.717, 1.165) is 0 Å². The highest BCUT2D eigenvalue weighted by Crippen LogP contribution is 2.20. The number of pyridine rings is 1. The van der Waals surface area contributed by atoms with Gasteiger partial charge >= 0.3 is 0 Å². The maximum atomic E-state index is 12.8. The summed E-state index contributed by atoms with van der Waals surface area (Å²) in [4.78, 5) is 15.9. The van der Waals surface area contributed by atoms with Crippen LogP contribution in [-0.2, 0) is 0 Å². The molecule has 2 rings (SSSR count). The van der Waals surface area contributed by atoms with Crippen LogP contribution in [0.2, 0.25) is 0 Å². The first-order chi connectivity index (χ1) is 8.72. The van der Waals surface area contributed by atoms with Crippen LogP contribution in [0.25, 0.3) is 0 Å². The molecule has 0 N–H and O–H groups in total. The Bertz CT molecular complexity index is 587. The Morgan fingerprint density at radius 3 is 2.33 bits per heavy atom. The molecule has 0 aliphatic carbocycles. The molecule has 1 atom stereocenters. The van der Waals surface area contributed by atoms with Crippen molar-refractivity contribution in [1.29, 1.82) is 5.26 Å². The number of aromatic nitrogens is 1. The lowest BCUT2D eigenvalue weighted by Crippen LogP contribution is -2.11. The molecule has 0 saturated carbocycles. The van der Waals surface area contributed by atoms with Crippen LogP contribution in [0.3, 0.4) is 0 Å². The Morgan fingerprint density at radius 2 is 1.78 bits per heavy atom. The summed E-state index contributed by atoms with van der Waals surface area (Å²) in [6.45, 7) is 0. The molecular weight excluding hydrogens is 231 g/mol. The van der Waals surface area contributed by atoms with Crippen LogP contribution in [0, 0.1) is 17.1 Å². The van der Waals surface area contributed by atoms with E-state index in [9.17, 15) is 9.18 Å². The molecule has 2 aromatic rings. The van der Waals surface area contributed by atoms with Gasteiger partial charge < -0.3 is 0 Å². The van der Waals surface area contributed by atoms with Gasteiger partial charge in [0.25, 0.3) is 0 Å². The molecule has 1 aromatic carbocycles. The molecule has 3 nitrogen and oxygen atoms in total. The van der Waals surface area contributed by atoms with E-state index in [2.05, 4.69) is 4.98 Å². The number of Topliss-reactive ketones (excluding diaryl/α,β-unsaturated/α-hetero) is 1. The number of rotatable bonds is 3. The molecule has 1 heterocycles. The lowest BCUT2D eigenvalue weighted by atomic mass is 9.92. The first kappa shape index (κ1) is 11.9.